The summed E-state index contributed by atoms with van der Waals surface area (Å²) in [4.78, 5) is 24.4. The Kier molecular flexibility index (Phi) is 4.39. The Balaban J connectivity index is 1.95. The average molecular weight is 283 g/mol. The minimum Gasteiger partial charge on any atom is -0.346 e. The van der Waals surface area contributed by atoms with Crippen LogP contribution in [0.25, 0.3) is 0 Å². The molecule has 2 amide bonds. The van der Waals surface area contributed by atoms with Gasteiger partial charge in [0.05, 0.1) is 13.1 Å². The highest BCUT2D eigenvalue weighted by Crippen LogP contribution is 2.13. The van der Waals surface area contributed by atoms with E-state index in [1.54, 1.807) is 24.3 Å². The number of anilines is 1. The van der Waals surface area contributed by atoms with Crippen LogP contribution in [0, 0.1) is 0 Å². The van der Waals surface area contributed by atoms with E-state index in [4.69, 9.17) is 11.6 Å². The van der Waals surface area contributed by atoms with Gasteiger partial charge in [0, 0.05) is 10.7 Å². The summed E-state index contributed by atoms with van der Waals surface area (Å²) in [7, 11) is 0. The van der Waals surface area contributed by atoms with Crippen LogP contribution in [0.5, 0.6) is 0 Å². The summed E-state index contributed by atoms with van der Waals surface area (Å²) in [5.41, 5.74) is 0.710. The number of halogens is 1. The molecule has 1 aromatic rings. The Morgan fingerprint density at radius 1 is 1.42 bits per heavy atom. The van der Waals surface area contributed by atoms with E-state index in [0.29, 0.717) is 23.8 Å². The van der Waals surface area contributed by atoms with Crippen LogP contribution < -0.4 is 15.5 Å². The molecule has 6 heteroatoms. The molecular formula is C13H17ClN3O2+. The summed E-state index contributed by atoms with van der Waals surface area (Å²) >= 11 is 5.79. The molecule has 0 aliphatic carbocycles. The maximum atomic E-state index is 12.1. The molecular weight excluding hydrogens is 266 g/mol. The maximum absolute atomic E-state index is 12.1. The summed E-state index contributed by atoms with van der Waals surface area (Å²) in [6, 6.07) is 6.70. The van der Waals surface area contributed by atoms with Gasteiger partial charge in [0.15, 0.2) is 12.6 Å². The zero-order chi connectivity index (χ0) is 13.8. The van der Waals surface area contributed by atoms with E-state index in [-0.39, 0.29) is 17.9 Å². The van der Waals surface area contributed by atoms with Gasteiger partial charge >= 0.3 is 0 Å². The normalized spacial score (nSPS) is 20.5. The lowest BCUT2D eigenvalue weighted by Crippen LogP contribution is -3.19. The molecule has 1 aromatic carbocycles. The van der Waals surface area contributed by atoms with Crippen LogP contribution in [-0.2, 0) is 9.59 Å². The first-order valence-corrected chi connectivity index (χ1v) is 6.62. The number of carbonyl (C=O) groups is 2. The van der Waals surface area contributed by atoms with Crippen LogP contribution in [0.1, 0.15) is 6.92 Å². The molecule has 0 spiro atoms. The van der Waals surface area contributed by atoms with Crippen LogP contribution >= 0.6 is 11.6 Å². The summed E-state index contributed by atoms with van der Waals surface area (Å²) in [5.74, 6) is -0.0978. The van der Waals surface area contributed by atoms with Crippen LogP contribution in [0.3, 0.4) is 0 Å². The second kappa shape index (κ2) is 6.04. The van der Waals surface area contributed by atoms with Gasteiger partial charge in [0.2, 0.25) is 0 Å². The molecule has 5 nitrogen and oxygen atoms in total. The molecule has 2 rings (SSSR count). The number of piperazine rings is 1. The van der Waals surface area contributed by atoms with Crippen molar-refractivity contribution in [1.29, 1.82) is 0 Å². The second-order valence-corrected chi connectivity index (χ2v) is 5.09. The molecule has 1 fully saturated rings. The molecule has 0 saturated carbocycles. The summed E-state index contributed by atoms with van der Waals surface area (Å²) in [5, 5.41) is 6.22. The lowest BCUT2D eigenvalue weighted by molar-refractivity contribution is -0.907. The molecule has 1 aliphatic heterocycles. The molecule has 0 aromatic heterocycles. The lowest BCUT2D eigenvalue weighted by atomic mass is 10.2. The zero-order valence-corrected chi connectivity index (χ0v) is 11.5. The first-order valence-electron chi connectivity index (χ1n) is 6.24. The molecule has 1 saturated heterocycles. The molecule has 3 N–H and O–H groups in total. The first-order chi connectivity index (χ1) is 9.06. The van der Waals surface area contributed by atoms with Gasteiger partial charge in [0.1, 0.15) is 0 Å². The number of rotatable bonds is 3. The van der Waals surface area contributed by atoms with Crippen molar-refractivity contribution >= 4 is 29.1 Å². The molecule has 1 unspecified atom stereocenters. The number of benzene rings is 1. The van der Waals surface area contributed by atoms with Crippen LogP contribution in [0.2, 0.25) is 5.02 Å². The van der Waals surface area contributed by atoms with Gasteiger partial charge in [0.25, 0.3) is 11.8 Å². The number of hydrogen-bond donors (Lipinski definition) is 3. The largest absolute Gasteiger partial charge is 0.346 e. The van der Waals surface area contributed by atoms with Crippen molar-refractivity contribution in [3.05, 3.63) is 29.3 Å². The smallest absolute Gasteiger partial charge is 0.282 e. The van der Waals surface area contributed by atoms with Gasteiger partial charge in [-0.05, 0) is 31.2 Å². The molecule has 1 aliphatic rings. The number of carbonyl (C=O) groups excluding carboxylic acids is 2. The number of quaternary nitrogens is 1. The minimum atomic E-state index is -0.262. The van der Waals surface area contributed by atoms with Crippen LogP contribution in [0.4, 0.5) is 5.69 Å². The van der Waals surface area contributed by atoms with E-state index >= 15 is 0 Å². The molecule has 2 atom stereocenters. The van der Waals surface area contributed by atoms with E-state index in [1.165, 1.54) is 0 Å². The van der Waals surface area contributed by atoms with Crippen molar-refractivity contribution in [2.24, 2.45) is 0 Å². The Bertz CT molecular complexity index is 475. The zero-order valence-electron chi connectivity index (χ0n) is 10.7. The predicted molar refractivity (Wildman–Crippen MR) is 73.3 cm³/mol. The van der Waals surface area contributed by atoms with Crippen LogP contribution in [-0.4, -0.2) is 37.5 Å². The second-order valence-electron chi connectivity index (χ2n) is 4.65. The van der Waals surface area contributed by atoms with Gasteiger partial charge < -0.3 is 15.5 Å². The molecule has 19 heavy (non-hydrogen) atoms. The summed E-state index contributed by atoms with van der Waals surface area (Å²) < 4.78 is 0. The molecule has 102 valence electrons. The van der Waals surface area contributed by atoms with E-state index in [9.17, 15) is 9.59 Å². The average Bonchev–Trinajstić information content (AvgIpc) is 2.40. The topological polar surface area (TPSA) is 62.6 Å². The number of nitrogens with one attached hydrogen (secondary N) is 3. The quantitative estimate of drug-likeness (QED) is 0.712. The van der Waals surface area contributed by atoms with Gasteiger partial charge in [-0.3, -0.25) is 9.59 Å². The van der Waals surface area contributed by atoms with Crippen molar-refractivity contribution in [1.82, 2.24) is 5.32 Å². The fraction of sp³-hybridized carbons (Fsp3) is 0.385. The van der Waals surface area contributed by atoms with Gasteiger partial charge in [-0.15, -0.1) is 0 Å². The first kappa shape index (κ1) is 13.8. The minimum absolute atomic E-state index is 0.00704. The van der Waals surface area contributed by atoms with E-state index in [0.717, 1.165) is 11.4 Å². The number of hydrogen-bond acceptors (Lipinski definition) is 2. The number of amides is 2. The predicted octanol–water partition coefficient (Wildman–Crippen LogP) is -0.318. The molecule has 0 radical (unpaired) electrons. The highest BCUT2D eigenvalue weighted by atomic mass is 35.5. The summed E-state index contributed by atoms with van der Waals surface area (Å²) in [6.07, 6.45) is 0. The Morgan fingerprint density at radius 2 is 2.11 bits per heavy atom. The van der Waals surface area contributed by atoms with Crippen LogP contribution in [0.15, 0.2) is 24.3 Å². The standard InChI is InChI=1S/C13H16ClN3O2/c1-9(17-7-6-15-12(18)8-17)13(19)16-11-4-2-10(14)3-5-11/h2-5,9H,6-8H2,1H3,(H,15,18)(H,16,19)/p+1/t9-/m1/s1. The SMILES string of the molecule is C[C@H](C(=O)Nc1ccc(Cl)cc1)[NH+]1CCNC(=O)C1. The summed E-state index contributed by atoms with van der Waals surface area (Å²) in [6.45, 7) is 3.56. The fourth-order valence-electron chi connectivity index (χ4n) is 2.06. The molecule has 0 bridgehead atoms. The van der Waals surface area contributed by atoms with Crippen molar-refractivity contribution in [3.63, 3.8) is 0 Å². The van der Waals surface area contributed by atoms with Crippen molar-refractivity contribution < 1.29 is 14.5 Å². The third-order valence-corrected chi connectivity index (χ3v) is 3.53. The van der Waals surface area contributed by atoms with E-state index < -0.39 is 0 Å². The highest BCUT2D eigenvalue weighted by Gasteiger charge is 2.29. The van der Waals surface area contributed by atoms with Crippen molar-refractivity contribution in [2.75, 3.05) is 25.0 Å². The third kappa shape index (κ3) is 3.68. The fourth-order valence-corrected chi connectivity index (χ4v) is 2.18. The lowest BCUT2D eigenvalue weighted by Gasteiger charge is -2.28. The van der Waals surface area contributed by atoms with E-state index in [2.05, 4.69) is 10.6 Å². The molecule has 1 heterocycles. The Labute approximate surface area is 116 Å². The maximum Gasteiger partial charge on any atom is 0.282 e. The highest BCUT2D eigenvalue weighted by molar-refractivity contribution is 6.30. The van der Waals surface area contributed by atoms with Crippen molar-refractivity contribution in [3.8, 4) is 0 Å². The Morgan fingerprint density at radius 3 is 2.74 bits per heavy atom. The van der Waals surface area contributed by atoms with Gasteiger partial charge in [-0.2, -0.15) is 0 Å². The van der Waals surface area contributed by atoms with Crippen molar-refractivity contribution in [2.45, 2.75) is 13.0 Å². The van der Waals surface area contributed by atoms with Gasteiger partial charge in [-0.25, -0.2) is 0 Å². The Hall–Kier alpha value is -1.59. The van der Waals surface area contributed by atoms with Gasteiger partial charge in [-0.1, -0.05) is 11.6 Å². The van der Waals surface area contributed by atoms with E-state index in [1.807, 2.05) is 6.92 Å². The third-order valence-electron chi connectivity index (χ3n) is 3.27. The monoisotopic (exact) mass is 282 g/mol.